The molecule has 0 saturated heterocycles. The molecule has 0 aliphatic carbocycles. The van der Waals surface area contributed by atoms with Gasteiger partial charge in [-0.05, 0) is 37.9 Å². The highest BCUT2D eigenvalue weighted by atomic mass is 16.6. The number of unbranched alkanes of at least 4 members (excludes halogenated alkanes) is 1. The van der Waals surface area contributed by atoms with Gasteiger partial charge in [-0.3, -0.25) is 10.1 Å². The third kappa shape index (κ3) is 3.21. The number of rotatable bonds is 5. The molecule has 15 heavy (non-hydrogen) atoms. The fraction of sp³-hybridized carbons (Fsp3) is 0.400. The number of hydrogen-bond acceptors (Lipinski definition) is 4. The minimum absolute atomic E-state index is 0.0587. The van der Waals surface area contributed by atoms with E-state index in [-0.39, 0.29) is 11.4 Å². The van der Waals surface area contributed by atoms with Crippen molar-refractivity contribution < 1.29 is 10.0 Å². The summed E-state index contributed by atoms with van der Waals surface area (Å²) >= 11 is 0. The van der Waals surface area contributed by atoms with Crippen molar-refractivity contribution in [2.45, 2.75) is 19.3 Å². The maximum Gasteiger partial charge on any atom is 0.272 e. The molecule has 0 heterocycles. The van der Waals surface area contributed by atoms with Crippen LogP contribution in [-0.4, -0.2) is 16.6 Å². The Kier molecular flexibility index (Phi) is 4.05. The van der Waals surface area contributed by atoms with Crippen LogP contribution < -0.4 is 5.73 Å². The highest BCUT2D eigenvalue weighted by Gasteiger charge is 2.13. The maximum atomic E-state index is 10.7. The van der Waals surface area contributed by atoms with E-state index in [9.17, 15) is 15.2 Å². The minimum atomic E-state index is -0.433. The van der Waals surface area contributed by atoms with Crippen LogP contribution in [0.3, 0.4) is 0 Å². The highest BCUT2D eigenvalue weighted by Crippen LogP contribution is 2.24. The number of nitro groups is 1. The lowest BCUT2D eigenvalue weighted by molar-refractivity contribution is -0.385. The molecule has 3 N–H and O–H groups in total. The summed E-state index contributed by atoms with van der Waals surface area (Å²) in [6.07, 6.45) is 2.19. The van der Waals surface area contributed by atoms with Crippen LogP contribution in [-0.2, 0) is 6.42 Å². The van der Waals surface area contributed by atoms with Crippen LogP contribution in [0.25, 0.3) is 0 Å². The van der Waals surface area contributed by atoms with Crippen LogP contribution in [0.15, 0.2) is 18.2 Å². The number of benzene rings is 1. The molecule has 0 amide bonds. The SMILES string of the molecule is NCCCCc1cc(O)ccc1[N+](=O)[O-]. The Balaban J connectivity index is 2.82. The average Bonchev–Trinajstić information content (AvgIpc) is 2.18. The standard InChI is InChI=1S/C10H14N2O3/c11-6-2-1-3-8-7-9(13)4-5-10(8)12(14)15/h4-5,7,13H,1-3,6,11H2. The van der Waals surface area contributed by atoms with Gasteiger partial charge in [0.1, 0.15) is 5.75 Å². The zero-order valence-electron chi connectivity index (χ0n) is 8.35. The van der Waals surface area contributed by atoms with E-state index in [0.717, 1.165) is 12.8 Å². The number of phenolic OH excluding ortho intramolecular Hbond substituents is 1. The van der Waals surface area contributed by atoms with Crippen LogP contribution in [0.4, 0.5) is 5.69 Å². The molecule has 0 bridgehead atoms. The fourth-order valence-electron chi connectivity index (χ4n) is 1.41. The van der Waals surface area contributed by atoms with Gasteiger partial charge in [0.2, 0.25) is 0 Å². The Morgan fingerprint density at radius 2 is 2.13 bits per heavy atom. The number of aromatic hydroxyl groups is 1. The fourth-order valence-corrected chi connectivity index (χ4v) is 1.41. The minimum Gasteiger partial charge on any atom is -0.508 e. The second kappa shape index (κ2) is 5.31. The summed E-state index contributed by atoms with van der Waals surface area (Å²) in [6.45, 7) is 0.576. The van der Waals surface area contributed by atoms with Gasteiger partial charge in [-0.2, -0.15) is 0 Å². The van der Waals surface area contributed by atoms with Gasteiger partial charge in [0.25, 0.3) is 5.69 Å². The Bertz CT molecular complexity index is 353. The molecule has 0 radical (unpaired) electrons. The van der Waals surface area contributed by atoms with E-state index in [4.69, 9.17) is 5.73 Å². The lowest BCUT2D eigenvalue weighted by Crippen LogP contribution is -2.00. The van der Waals surface area contributed by atoms with E-state index in [1.54, 1.807) is 0 Å². The number of nitro benzene ring substituents is 1. The van der Waals surface area contributed by atoms with Crippen LogP contribution in [0.5, 0.6) is 5.75 Å². The van der Waals surface area contributed by atoms with E-state index in [0.29, 0.717) is 18.5 Å². The Labute approximate surface area is 87.7 Å². The smallest absolute Gasteiger partial charge is 0.272 e. The average molecular weight is 210 g/mol. The molecule has 0 fully saturated rings. The van der Waals surface area contributed by atoms with Crippen molar-refractivity contribution in [3.8, 4) is 5.75 Å². The molecule has 1 rings (SSSR count). The van der Waals surface area contributed by atoms with Crippen molar-refractivity contribution in [2.24, 2.45) is 5.73 Å². The second-order valence-corrected chi connectivity index (χ2v) is 3.32. The molecule has 5 heteroatoms. The molecule has 1 aromatic carbocycles. The first-order valence-corrected chi connectivity index (χ1v) is 4.81. The van der Waals surface area contributed by atoms with Gasteiger partial charge in [0, 0.05) is 11.6 Å². The van der Waals surface area contributed by atoms with Gasteiger partial charge in [0.05, 0.1) is 4.92 Å². The number of aryl methyl sites for hydroxylation is 1. The van der Waals surface area contributed by atoms with Crippen LogP contribution >= 0.6 is 0 Å². The van der Waals surface area contributed by atoms with Gasteiger partial charge >= 0.3 is 0 Å². The zero-order valence-corrected chi connectivity index (χ0v) is 8.35. The molecule has 0 saturated carbocycles. The third-order valence-corrected chi connectivity index (χ3v) is 2.16. The van der Waals surface area contributed by atoms with Gasteiger partial charge < -0.3 is 10.8 Å². The molecule has 0 aliphatic heterocycles. The summed E-state index contributed by atoms with van der Waals surface area (Å²) in [7, 11) is 0. The highest BCUT2D eigenvalue weighted by molar-refractivity contribution is 5.44. The molecule has 5 nitrogen and oxygen atoms in total. The summed E-state index contributed by atoms with van der Waals surface area (Å²) in [4.78, 5) is 10.2. The van der Waals surface area contributed by atoms with Gasteiger partial charge in [0.15, 0.2) is 0 Å². The quantitative estimate of drug-likeness (QED) is 0.438. The van der Waals surface area contributed by atoms with Crippen LogP contribution in [0, 0.1) is 10.1 Å². The van der Waals surface area contributed by atoms with Crippen molar-refractivity contribution in [1.29, 1.82) is 0 Å². The molecular formula is C10H14N2O3. The maximum absolute atomic E-state index is 10.7. The second-order valence-electron chi connectivity index (χ2n) is 3.32. The first-order valence-electron chi connectivity index (χ1n) is 4.81. The van der Waals surface area contributed by atoms with Gasteiger partial charge in [-0.25, -0.2) is 0 Å². The van der Waals surface area contributed by atoms with Crippen molar-refractivity contribution in [3.63, 3.8) is 0 Å². The van der Waals surface area contributed by atoms with Gasteiger partial charge in [-0.15, -0.1) is 0 Å². The van der Waals surface area contributed by atoms with Crippen molar-refractivity contribution in [2.75, 3.05) is 6.54 Å². The lowest BCUT2D eigenvalue weighted by Gasteiger charge is -2.02. The first-order chi connectivity index (χ1) is 7.15. The van der Waals surface area contributed by atoms with Crippen molar-refractivity contribution in [3.05, 3.63) is 33.9 Å². The Morgan fingerprint density at radius 3 is 2.73 bits per heavy atom. The summed E-state index contributed by atoms with van der Waals surface area (Å²) in [6, 6.07) is 4.09. The number of nitrogens with two attached hydrogens (primary N) is 1. The molecule has 0 atom stereocenters. The lowest BCUT2D eigenvalue weighted by atomic mass is 10.1. The van der Waals surface area contributed by atoms with E-state index in [2.05, 4.69) is 0 Å². The number of phenols is 1. The van der Waals surface area contributed by atoms with Crippen molar-refractivity contribution in [1.82, 2.24) is 0 Å². The number of nitrogens with zero attached hydrogens (tertiary/aromatic N) is 1. The van der Waals surface area contributed by atoms with E-state index in [1.807, 2.05) is 0 Å². The molecule has 1 aromatic rings. The predicted molar refractivity (Wildman–Crippen MR) is 56.8 cm³/mol. The molecule has 82 valence electrons. The van der Waals surface area contributed by atoms with Crippen molar-refractivity contribution >= 4 is 5.69 Å². The van der Waals surface area contributed by atoms with E-state index < -0.39 is 4.92 Å². The molecule has 0 spiro atoms. The third-order valence-electron chi connectivity index (χ3n) is 2.16. The zero-order chi connectivity index (χ0) is 11.3. The van der Waals surface area contributed by atoms with E-state index >= 15 is 0 Å². The molecule has 0 unspecified atom stereocenters. The normalized spacial score (nSPS) is 10.2. The van der Waals surface area contributed by atoms with Crippen LogP contribution in [0.1, 0.15) is 18.4 Å². The summed E-state index contributed by atoms with van der Waals surface area (Å²) in [5, 5.41) is 19.9. The summed E-state index contributed by atoms with van der Waals surface area (Å²) in [5.74, 6) is 0.0587. The van der Waals surface area contributed by atoms with E-state index in [1.165, 1.54) is 18.2 Å². The Hall–Kier alpha value is -1.62. The predicted octanol–water partition coefficient (Wildman–Crippen LogP) is 1.58. The first kappa shape index (κ1) is 11.5. The molecular weight excluding hydrogens is 196 g/mol. The topological polar surface area (TPSA) is 89.4 Å². The summed E-state index contributed by atoms with van der Waals surface area (Å²) in [5.41, 5.74) is 5.96. The Morgan fingerprint density at radius 1 is 1.40 bits per heavy atom. The van der Waals surface area contributed by atoms with Crippen LogP contribution in [0.2, 0.25) is 0 Å². The summed E-state index contributed by atoms with van der Waals surface area (Å²) < 4.78 is 0. The van der Waals surface area contributed by atoms with Gasteiger partial charge in [-0.1, -0.05) is 0 Å². The monoisotopic (exact) mass is 210 g/mol. The molecule has 0 aliphatic rings. The number of hydrogen-bond donors (Lipinski definition) is 2. The largest absolute Gasteiger partial charge is 0.508 e. The molecule has 0 aromatic heterocycles.